The van der Waals surface area contributed by atoms with Gasteiger partial charge < -0.3 is 14.6 Å². The summed E-state index contributed by atoms with van der Waals surface area (Å²) >= 11 is 9.13. The minimum absolute atomic E-state index is 0.00757. The molecule has 0 aromatic heterocycles. The number of para-hydroxylation sites is 1. The molecule has 2 rings (SSSR count). The number of carbonyl (C=O) groups excluding carboxylic acids is 1. The van der Waals surface area contributed by atoms with Crippen LogP contribution >= 0.6 is 27.5 Å². The van der Waals surface area contributed by atoms with E-state index in [1.165, 1.54) is 13.3 Å². The molecule has 0 bridgehead atoms. The number of nitrogens with one attached hydrogen (secondary N) is 1. The van der Waals surface area contributed by atoms with Gasteiger partial charge in [0.25, 0.3) is 5.91 Å². The first-order valence-electron chi connectivity index (χ1n) is 6.77. The zero-order valence-electron chi connectivity index (χ0n) is 12.6. The van der Waals surface area contributed by atoms with Crippen LogP contribution in [0.4, 0.5) is 0 Å². The van der Waals surface area contributed by atoms with Crippen LogP contribution in [0, 0.1) is 0 Å². The summed E-state index contributed by atoms with van der Waals surface area (Å²) in [6.45, 7) is -0.219. The number of amides is 1. The van der Waals surface area contributed by atoms with Gasteiger partial charge in [-0.25, -0.2) is 5.43 Å². The number of hydrogen-bond donors (Lipinski definition) is 2. The van der Waals surface area contributed by atoms with Crippen molar-refractivity contribution < 1.29 is 19.4 Å². The number of phenols is 1. The largest absolute Gasteiger partial charge is 0.503 e. The zero-order valence-corrected chi connectivity index (χ0v) is 15.0. The van der Waals surface area contributed by atoms with E-state index in [0.29, 0.717) is 26.6 Å². The zero-order chi connectivity index (χ0) is 17.5. The van der Waals surface area contributed by atoms with Gasteiger partial charge >= 0.3 is 0 Å². The summed E-state index contributed by atoms with van der Waals surface area (Å²) in [5, 5.41) is 14.0. The molecule has 0 unspecified atom stereocenters. The first-order valence-corrected chi connectivity index (χ1v) is 7.94. The van der Waals surface area contributed by atoms with Gasteiger partial charge in [-0.2, -0.15) is 5.10 Å². The maximum absolute atomic E-state index is 11.7. The van der Waals surface area contributed by atoms with Crippen LogP contribution in [0.25, 0.3) is 0 Å². The maximum Gasteiger partial charge on any atom is 0.277 e. The normalized spacial score (nSPS) is 10.6. The highest BCUT2D eigenvalue weighted by Crippen LogP contribution is 2.34. The van der Waals surface area contributed by atoms with Crippen LogP contribution in [0.15, 0.2) is 46.0 Å². The molecule has 0 aliphatic heterocycles. The summed E-state index contributed by atoms with van der Waals surface area (Å²) in [6, 6.07) is 10.1. The Hall–Kier alpha value is -2.25. The highest BCUT2D eigenvalue weighted by atomic mass is 79.9. The monoisotopic (exact) mass is 412 g/mol. The Morgan fingerprint density at radius 3 is 2.83 bits per heavy atom. The summed E-state index contributed by atoms with van der Waals surface area (Å²) in [5.74, 6) is 0.271. The average molecular weight is 414 g/mol. The number of phenolic OH excluding ortho intramolecular Hbond substituents is 1. The third-order valence-corrected chi connectivity index (χ3v) is 3.79. The number of carbonyl (C=O) groups is 1. The molecule has 0 spiro atoms. The molecule has 0 aliphatic carbocycles. The van der Waals surface area contributed by atoms with Crippen LogP contribution in [-0.2, 0) is 4.79 Å². The Morgan fingerprint density at radius 2 is 2.12 bits per heavy atom. The van der Waals surface area contributed by atoms with E-state index in [0.717, 1.165) is 0 Å². The van der Waals surface area contributed by atoms with Crippen molar-refractivity contribution in [2.24, 2.45) is 5.10 Å². The van der Waals surface area contributed by atoms with E-state index in [1.807, 2.05) is 0 Å². The molecule has 0 saturated heterocycles. The highest BCUT2D eigenvalue weighted by Gasteiger charge is 2.08. The van der Waals surface area contributed by atoms with Gasteiger partial charge in [0, 0.05) is 0 Å². The van der Waals surface area contributed by atoms with Crippen molar-refractivity contribution in [3.05, 3.63) is 51.5 Å². The Balaban J connectivity index is 1.91. The molecule has 6 nitrogen and oxygen atoms in total. The van der Waals surface area contributed by atoms with Crippen molar-refractivity contribution in [3.63, 3.8) is 0 Å². The van der Waals surface area contributed by atoms with Crippen molar-refractivity contribution in [2.45, 2.75) is 0 Å². The lowest BCUT2D eigenvalue weighted by atomic mass is 10.2. The van der Waals surface area contributed by atoms with Crippen molar-refractivity contribution in [2.75, 3.05) is 13.7 Å². The minimum atomic E-state index is -0.434. The van der Waals surface area contributed by atoms with Gasteiger partial charge in [0.2, 0.25) is 0 Å². The predicted octanol–water partition coefficient (Wildman–Crippen LogP) is 3.35. The molecule has 2 aromatic carbocycles. The predicted molar refractivity (Wildman–Crippen MR) is 95.0 cm³/mol. The molecule has 2 aromatic rings. The summed E-state index contributed by atoms with van der Waals surface area (Å²) < 4.78 is 10.8. The van der Waals surface area contributed by atoms with Crippen molar-refractivity contribution >= 4 is 39.7 Å². The van der Waals surface area contributed by atoms with E-state index >= 15 is 0 Å². The lowest BCUT2D eigenvalue weighted by Crippen LogP contribution is -2.24. The molecular weight excluding hydrogens is 400 g/mol. The second-order valence-electron chi connectivity index (χ2n) is 4.57. The third kappa shape index (κ3) is 4.87. The molecule has 8 heteroatoms. The second kappa shape index (κ2) is 8.56. The van der Waals surface area contributed by atoms with E-state index in [-0.39, 0.29) is 12.4 Å². The Labute approximate surface area is 152 Å². The summed E-state index contributed by atoms with van der Waals surface area (Å²) in [7, 11) is 1.44. The molecular formula is C16H14BrClN2O4. The lowest BCUT2D eigenvalue weighted by Gasteiger charge is -2.07. The van der Waals surface area contributed by atoms with E-state index < -0.39 is 5.91 Å². The fourth-order valence-electron chi connectivity index (χ4n) is 1.74. The lowest BCUT2D eigenvalue weighted by molar-refractivity contribution is -0.123. The quantitative estimate of drug-likeness (QED) is 0.562. The first-order chi connectivity index (χ1) is 11.5. The van der Waals surface area contributed by atoms with Gasteiger partial charge in [-0.15, -0.1) is 0 Å². The van der Waals surface area contributed by atoms with Gasteiger partial charge in [-0.3, -0.25) is 4.79 Å². The number of ether oxygens (including phenoxy) is 2. The molecule has 126 valence electrons. The van der Waals surface area contributed by atoms with Crippen molar-refractivity contribution in [1.29, 1.82) is 0 Å². The fourth-order valence-corrected chi connectivity index (χ4v) is 2.39. The van der Waals surface area contributed by atoms with E-state index in [4.69, 9.17) is 21.1 Å². The fraction of sp³-hybridized carbons (Fsp3) is 0.125. The Morgan fingerprint density at radius 1 is 1.38 bits per heavy atom. The van der Waals surface area contributed by atoms with Gasteiger partial charge in [0.1, 0.15) is 5.75 Å². The van der Waals surface area contributed by atoms with Gasteiger partial charge in [-0.1, -0.05) is 23.7 Å². The van der Waals surface area contributed by atoms with Crippen LogP contribution in [0.3, 0.4) is 0 Å². The first kappa shape index (κ1) is 18.1. The number of methoxy groups -OCH3 is 1. The van der Waals surface area contributed by atoms with E-state index in [1.54, 1.807) is 36.4 Å². The van der Waals surface area contributed by atoms with Gasteiger partial charge in [-0.05, 0) is 45.8 Å². The molecule has 0 radical (unpaired) electrons. The number of hydrogen-bond acceptors (Lipinski definition) is 5. The number of halogens is 2. The molecule has 0 heterocycles. The molecule has 1 amide bonds. The summed E-state index contributed by atoms with van der Waals surface area (Å²) in [4.78, 5) is 11.7. The molecule has 0 aliphatic rings. The molecule has 2 N–H and O–H groups in total. The second-order valence-corrected chi connectivity index (χ2v) is 5.83. The van der Waals surface area contributed by atoms with E-state index in [9.17, 15) is 9.90 Å². The topological polar surface area (TPSA) is 80.2 Å². The standard InChI is InChI=1S/C16H14BrClN2O4/c1-23-14-7-10(6-11(17)16(14)22)8-19-20-15(21)9-24-13-5-3-2-4-12(13)18/h2-8,22H,9H2,1H3,(H,20,21)/b19-8-. The van der Waals surface area contributed by atoms with Gasteiger partial charge in [0.05, 0.1) is 22.8 Å². The Bertz CT molecular complexity index is 768. The van der Waals surface area contributed by atoms with Crippen LogP contribution < -0.4 is 14.9 Å². The smallest absolute Gasteiger partial charge is 0.277 e. The molecule has 24 heavy (non-hydrogen) atoms. The third-order valence-electron chi connectivity index (χ3n) is 2.87. The van der Waals surface area contributed by atoms with Crippen molar-refractivity contribution in [3.8, 4) is 17.2 Å². The minimum Gasteiger partial charge on any atom is -0.503 e. The van der Waals surface area contributed by atoms with Crippen molar-refractivity contribution in [1.82, 2.24) is 5.43 Å². The summed E-state index contributed by atoms with van der Waals surface area (Å²) in [6.07, 6.45) is 1.42. The van der Waals surface area contributed by atoms with Crippen LogP contribution in [0.2, 0.25) is 5.02 Å². The number of benzene rings is 2. The maximum atomic E-state index is 11.7. The number of aromatic hydroxyl groups is 1. The number of rotatable bonds is 6. The van der Waals surface area contributed by atoms with Crippen LogP contribution in [0.1, 0.15) is 5.56 Å². The summed E-state index contributed by atoms with van der Waals surface area (Å²) in [5.41, 5.74) is 2.96. The SMILES string of the molecule is COc1cc(/C=N\NC(=O)COc2ccccc2Cl)cc(Br)c1O. The Kier molecular flexibility index (Phi) is 6.45. The highest BCUT2D eigenvalue weighted by molar-refractivity contribution is 9.10. The van der Waals surface area contributed by atoms with E-state index in [2.05, 4.69) is 26.5 Å². The number of hydrazone groups is 1. The molecule has 0 atom stereocenters. The molecule has 0 saturated carbocycles. The molecule has 0 fully saturated rings. The average Bonchev–Trinajstić information content (AvgIpc) is 2.57. The van der Waals surface area contributed by atoms with Crippen LogP contribution in [0.5, 0.6) is 17.2 Å². The number of nitrogens with zero attached hydrogens (tertiary/aromatic N) is 1. The van der Waals surface area contributed by atoms with Gasteiger partial charge in [0.15, 0.2) is 18.1 Å². The van der Waals surface area contributed by atoms with Crippen LogP contribution in [-0.4, -0.2) is 30.9 Å².